The maximum absolute atomic E-state index is 10.5. The minimum absolute atomic E-state index is 0.0900. The van der Waals surface area contributed by atoms with E-state index < -0.39 is 0 Å². The number of methoxy groups -OCH3 is 1. The Kier molecular flexibility index (Phi) is 4.00. The van der Waals surface area contributed by atoms with Gasteiger partial charge in [0.25, 0.3) is 0 Å². The molecule has 0 aromatic carbocycles. The Morgan fingerprint density at radius 2 is 2.33 bits per heavy atom. The summed E-state index contributed by atoms with van der Waals surface area (Å²) in [6.45, 7) is 1.73. The zero-order valence-electron chi connectivity index (χ0n) is 5.51. The first-order valence-electron chi connectivity index (χ1n) is 2.58. The molecule has 53 valence electrons. The summed E-state index contributed by atoms with van der Waals surface area (Å²) in [5.41, 5.74) is 0. The smallest absolute Gasteiger partial charge is 0.310 e. The SMILES string of the molecule is COC(=O)C(C)CO[NH]. The van der Waals surface area contributed by atoms with Crippen molar-refractivity contribution < 1.29 is 14.4 Å². The van der Waals surface area contributed by atoms with E-state index in [9.17, 15) is 4.79 Å². The summed E-state index contributed by atoms with van der Waals surface area (Å²) in [6.07, 6.45) is 0. The summed E-state index contributed by atoms with van der Waals surface area (Å²) >= 11 is 0. The highest BCUT2D eigenvalue weighted by molar-refractivity contribution is 5.71. The first-order valence-corrected chi connectivity index (χ1v) is 2.58. The van der Waals surface area contributed by atoms with Crippen LogP contribution in [0.2, 0.25) is 0 Å². The molecular formula is C5H10NO3. The average Bonchev–Trinajstić information content (AvgIpc) is 1.87. The van der Waals surface area contributed by atoms with E-state index in [0.29, 0.717) is 0 Å². The van der Waals surface area contributed by atoms with Crippen LogP contribution in [0.4, 0.5) is 0 Å². The lowest BCUT2D eigenvalue weighted by Crippen LogP contribution is -2.17. The number of esters is 1. The number of hydrogen-bond acceptors (Lipinski definition) is 3. The third kappa shape index (κ3) is 3.05. The Balaban J connectivity index is 3.45. The predicted molar refractivity (Wildman–Crippen MR) is 30.2 cm³/mol. The number of hydrogen-bond donors (Lipinski definition) is 0. The van der Waals surface area contributed by atoms with Crippen LogP contribution in [-0.4, -0.2) is 19.7 Å². The van der Waals surface area contributed by atoms with Gasteiger partial charge in [0, 0.05) is 0 Å². The van der Waals surface area contributed by atoms with Gasteiger partial charge in [-0.1, -0.05) is 0 Å². The van der Waals surface area contributed by atoms with Crippen LogP contribution < -0.4 is 5.90 Å². The molecule has 0 aromatic rings. The quantitative estimate of drug-likeness (QED) is 0.401. The lowest BCUT2D eigenvalue weighted by molar-refractivity contribution is -0.147. The summed E-state index contributed by atoms with van der Waals surface area (Å²) in [5.74, 6) is 5.61. The zero-order valence-corrected chi connectivity index (χ0v) is 5.51. The third-order valence-corrected chi connectivity index (χ3v) is 0.937. The minimum atomic E-state index is -0.345. The zero-order chi connectivity index (χ0) is 7.28. The fourth-order valence-electron chi connectivity index (χ4n) is 0.394. The molecule has 0 fully saturated rings. The van der Waals surface area contributed by atoms with Gasteiger partial charge in [-0.05, 0) is 6.92 Å². The number of carbonyl (C=O) groups is 1. The summed E-state index contributed by atoms with van der Waals surface area (Å²) in [6, 6.07) is 0. The lowest BCUT2D eigenvalue weighted by Gasteiger charge is -2.04. The topological polar surface area (TPSA) is 59.3 Å². The van der Waals surface area contributed by atoms with Crippen molar-refractivity contribution in [1.29, 1.82) is 0 Å². The fourth-order valence-corrected chi connectivity index (χ4v) is 0.394. The molecule has 1 radical (unpaired) electrons. The van der Waals surface area contributed by atoms with Crippen LogP contribution in [0.1, 0.15) is 6.92 Å². The molecule has 4 heteroatoms. The van der Waals surface area contributed by atoms with Gasteiger partial charge in [-0.2, -0.15) is 0 Å². The van der Waals surface area contributed by atoms with Crippen LogP contribution in [0.25, 0.3) is 0 Å². The molecule has 0 spiro atoms. The second-order valence-electron chi connectivity index (χ2n) is 1.74. The first kappa shape index (κ1) is 8.39. The van der Waals surface area contributed by atoms with Gasteiger partial charge >= 0.3 is 5.97 Å². The minimum Gasteiger partial charge on any atom is -0.469 e. The Hall–Kier alpha value is -0.610. The van der Waals surface area contributed by atoms with Crippen molar-refractivity contribution in [3.63, 3.8) is 0 Å². The monoisotopic (exact) mass is 132 g/mol. The van der Waals surface area contributed by atoms with E-state index in [-0.39, 0.29) is 18.5 Å². The van der Waals surface area contributed by atoms with Crippen molar-refractivity contribution in [2.75, 3.05) is 13.7 Å². The molecule has 1 N–H and O–H groups in total. The molecule has 4 nitrogen and oxygen atoms in total. The molecule has 0 aliphatic carbocycles. The van der Waals surface area contributed by atoms with Crippen molar-refractivity contribution in [3.05, 3.63) is 0 Å². The molecular weight excluding hydrogens is 122 g/mol. The molecule has 1 atom stereocenters. The molecule has 9 heavy (non-hydrogen) atoms. The molecule has 0 aliphatic heterocycles. The van der Waals surface area contributed by atoms with Gasteiger partial charge in [0.15, 0.2) is 0 Å². The van der Waals surface area contributed by atoms with E-state index in [0.717, 1.165) is 0 Å². The highest BCUT2D eigenvalue weighted by Gasteiger charge is 2.11. The van der Waals surface area contributed by atoms with Gasteiger partial charge in [-0.3, -0.25) is 9.63 Å². The predicted octanol–water partition coefficient (Wildman–Crippen LogP) is 0.01000. The fraction of sp³-hybridized carbons (Fsp3) is 0.800. The Bertz CT molecular complexity index is 94.2. The first-order chi connectivity index (χ1) is 4.22. The van der Waals surface area contributed by atoms with Gasteiger partial charge in [0.05, 0.1) is 19.6 Å². The van der Waals surface area contributed by atoms with E-state index in [4.69, 9.17) is 5.90 Å². The van der Waals surface area contributed by atoms with Crippen molar-refractivity contribution >= 4 is 5.97 Å². The molecule has 0 heterocycles. The maximum atomic E-state index is 10.5. The Labute approximate surface area is 53.9 Å². The molecule has 0 saturated heterocycles. The highest BCUT2D eigenvalue weighted by Crippen LogP contribution is 1.95. The van der Waals surface area contributed by atoms with Crippen molar-refractivity contribution in [3.8, 4) is 0 Å². The van der Waals surface area contributed by atoms with E-state index in [1.165, 1.54) is 7.11 Å². The standard InChI is InChI=1S/C5H10NO3/c1-4(3-9-6)5(7)8-2/h4,6H,3H2,1-2H3. The molecule has 0 aliphatic rings. The second kappa shape index (κ2) is 4.29. The summed E-state index contributed by atoms with van der Waals surface area (Å²) in [7, 11) is 1.31. The maximum Gasteiger partial charge on any atom is 0.310 e. The van der Waals surface area contributed by atoms with E-state index in [1.807, 2.05) is 0 Å². The highest BCUT2D eigenvalue weighted by atomic mass is 16.6. The van der Waals surface area contributed by atoms with Gasteiger partial charge in [0.1, 0.15) is 0 Å². The Morgan fingerprint density at radius 3 is 2.67 bits per heavy atom. The third-order valence-electron chi connectivity index (χ3n) is 0.937. The summed E-state index contributed by atoms with van der Waals surface area (Å²) < 4.78 is 4.36. The molecule has 0 rings (SSSR count). The number of carbonyl (C=O) groups excluding carboxylic acids is 1. The van der Waals surface area contributed by atoms with Gasteiger partial charge in [-0.25, -0.2) is 0 Å². The van der Waals surface area contributed by atoms with E-state index in [1.54, 1.807) is 6.92 Å². The van der Waals surface area contributed by atoms with E-state index >= 15 is 0 Å². The molecule has 0 saturated carbocycles. The van der Waals surface area contributed by atoms with Crippen LogP contribution in [0.5, 0.6) is 0 Å². The average molecular weight is 132 g/mol. The lowest BCUT2D eigenvalue weighted by atomic mass is 10.2. The van der Waals surface area contributed by atoms with Crippen LogP contribution in [0.15, 0.2) is 0 Å². The van der Waals surface area contributed by atoms with Crippen LogP contribution >= 0.6 is 0 Å². The number of rotatable bonds is 3. The second-order valence-corrected chi connectivity index (χ2v) is 1.74. The van der Waals surface area contributed by atoms with Gasteiger partial charge in [-0.15, -0.1) is 5.90 Å². The van der Waals surface area contributed by atoms with Gasteiger partial charge < -0.3 is 4.74 Å². The van der Waals surface area contributed by atoms with Gasteiger partial charge in [0.2, 0.25) is 0 Å². The van der Waals surface area contributed by atoms with Crippen LogP contribution in [0.3, 0.4) is 0 Å². The Morgan fingerprint density at radius 1 is 1.78 bits per heavy atom. The largest absolute Gasteiger partial charge is 0.469 e. The normalized spacial score (nSPS) is 12.8. The van der Waals surface area contributed by atoms with E-state index in [2.05, 4.69) is 9.57 Å². The number of ether oxygens (including phenoxy) is 1. The van der Waals surface area contributed by atoms with Crippen molar-refractivity contribution in [2.45, 2.75) is 6.92 Å². The van der Waals surface area contributed by atoms with Crippen LogP contribution in [0, 0.1) is 5.92 Å². The van der Waals surface area contributed by atoms with Crippen molar-refractivity contribution in [1.82, 2.24) is 5.90 Å². The molecule has 1 unspecified atom stereocenters. The summed E-state index contributed by atoms with van der Waals surface area (Å²) in [4.78, 5) is 14.5. The van der Waals surface area contributed by atoms with Crippen molar-refractivity contribution in [2.24, 2.45) is 5.92 Å². The number of nitrogens with one attached hydrogen (secondary N) is 1. The molecule has 0 aromatic heterocycles. The van der Waals surface area contributed by atoms with Crippen LogP contribution in [-0.2, 0) is 14.4 Å². The molecule has 0 amide bonds. The summed E-state index contributed by atoms with van der Waals surface area (Å²) in [5, 5.41) is 0. The molecule has 0 bridgehead atoms.